The van der Waals surface area contributed by atoms with Crippen molar-refractivity contribution in [1.29, 1.82) is 0 Å². The molecule has 1 atom stereocenters. The summed E-state index contributed by atoms with van der Waals surface area (Å²) in [6.45, 7) is 0. The van der Waals surface area contributed by atoms with Gasteiger partial charge in [-0.25, -0.2) is 0 Å². The highest BCUT2D eigenvalue weighted by Crippen LogP contribution is 2.37. The summed E-state index contributed by atoms with van der Waals surface area (Å²) in [5.74, 6) is 0.211. The van der Waals surface area contributed by atoms with E-state index < -0.39 is 11.5 Å². The first kappa shape index (κ1) is 10.9. The van der Waals surface area contributed by atoms with E-state index in [-0.39, 0.29) is 5.92 Å². The Kier molecular flexibility index (Phi) is 3.62. The second kappa shape index (κ2) is 4.33. The van der Waals surface area contributed by atoms with Gasteiger partial charge in [-0.2, -0.15) is 11.8 Å². The molecule has 1 aliphatic rings. The molecule has 3 N–H and O–H groups in total. The monoisotopic (exact) mass is 203 g/mol. The lowest BCUT2D eigenvalue weighted by Crippen LogP contribution is -2.56. The third kappa shape index (κ3) is 2.17. The molecule has 0 aromatic heterocycles. The highest BCUT2D eigenvalue weighted by atomic mass is 32.2. The van der Waals surface area contributed by atoms with Crippen LogP contribution < -0.4 is 5.73 Å². The highest BCUT2D eigenvalue weighted by Gasteiger charge is 2.44. The van der Waals surface area contributed by atoms with Gasteiger partial charge in [0.1, 0.15) is 5.54 Å². The number of hydrogen-bond donors (Lipinski definition) is 2. The van der Waals surface area contributed by atoms with Crippen molar-refractivity contribution < 1.29 is 9.90 Å². The number of rotatable bonds is 5. The molecule has 0 radical (unpaired) electrons. The Morgan fingerprint density at radius 1 is 1.69 bits per heavy atom. The van der Waals surface area contributed by atoms with Gasteiger partial charge in [-0.15, -0.1) is 0 Å². The Morgan fingerprint density at radius 3 is 2.62 bits per heavy atom. The van der Waals surface area contributed by atoms with Gasteiger partial charge in [0.15, 0.2) is 0 Å². The molecule has 4 heteroatoms. The average molecular weight is 203 g/mol. The van der Waals surface area contributed by atoms with Crippen LogP contribution in [0.2, 0.25) is 0 Å². The molecule has 0 saturated heterocycles. The van der Waals surface area contributed by atoms with Gasteiger partial charge >= 0.3 is 5.97 Å². The number of carboxylic acids is 1. The van der Waals surface area contributed by atoms with E-state index >= 15 is 0 Å². The van der Waals surface area contributed by atoms with E-state index in [1.54, 1.807) is 11.8 Å². The zero-order valence-corrected chi connectivity index (χ0v) is 8.77. The minimum atomic E-state index is -0.957. The molecule has 0 aliphatic heterocycles. The zero-order valence-electron chi connectivity index (χ0n) is 7.95. The Bertz CT molecular complexity index is 194. The number of thioether (sulfide) groups is 1. The zero-order chi connectivity index (χ0) is 9.90. The molecular formula is C9H17NO2S. The second-order valence-corrected chi connectivity index (χ2v) is 4.70. The first-order valence-corrected chi connectivity index (χ1v) is 6.02. The molecule has 1 saturated carbocycles. The van der Waals surface area contributed by atoms with Crippen molar-refractivity contribution in [3.8, 4) is 0 Å². The van der Waals surface area contributed by atoms with Crippen LogP contribution in [-0.4, -0.2) is 28.6 Å². The molecule has 13 heavy (non-hydrogen) atoms. The fourth-order valence-corrected chi connectivity index (χ4v) is 2.22. The van der Waals surface area contributed by atoms with Crippen molar-refractivity contribution in [2.24, 2.45) is 11.7 Å². The number of hydrogen-bond acceptors (Lipinski definition) is 3. The first-order valence-electron chi connectivity index (χ1n) is 4.62. The highest BCUT2D eigenvalue weighted by molar-refractivity contribution is 7.98. The molecule has 0 spiro atoms. The van der Waals surface area contributed by atoms with Crippen LogP contribution >= 0.6 is 11.8 Å². The first-order chi connectivity index (χ1) is 6.11. The number of nitrogens with two attached hydrogens (primary N) is 1. The molecule has 1 aliphatic carbocycles. The molecule has 0 aromatic carbocycles. The van der Waals surface area contributed by atoms with Crippen LogP contribution in [0.15, 0.2) is 0 Å². The lowest BCUT2D eigenvalue weighted by atomic mass is 9.70. The standard InChI is InChI=1S/C9H17NO2S/c1-13-6-5-9(10,8(11)12)7-3-2-4-7/h7H,2-6,10H2,1H3,(H,11,12). The quantitative estimate of drug-likeness (QED) is 0.707. The fourth-order valence-electron chi connectivity index (χ4n) is 1.68. The van der Waals surface area contributed by atoms with Crippen LogP contribution in [0.3, 0.4) is 0 Å². The van der Waals surface area contributed by atoms with Crippen molar-refractivity contribution in [3.63, 3.8) is 0 Å². The van der Waals surface area contributed by atoms with E-state index in [9.17, 15) is 4.79 Å². The van der Waals surface area contributed by atoms with E-state index in [1.165, 1.54) is 0 Å². The van der Waals surface area contributed by atoms with Crippen LogP contribution in [0.5, 0.6) is 0 Å². The third-order valence-electron chi connectivity index (χ3n) is 2.95. The summed E-state index contributed by atoms with van der Waals surface area (Å²) in [7, 11) is 0. The largest absolute Gasteiger partial charge is 0.480 e. The summed E-state index contributed by atoms with van der Waals surface area (Å²) >= 11 is 1.65. The Labute approximate surface area is 83.1 Å². The van der Waals surface area contributed by atoms with Gasteiger partial charge in [0.05, 0.1) is 0 Å². The maximum Gasteiger partial charge on any atom is 0.323 e. The van der Waals surface area contributed by atoms with Crippen LogP contribution in [0.4, 0.5) is 0 Å². The average Bonchev–Trinajstić information content (AvgIpc) is 1.97. The van der Waals surface area contributed by atoms with Gasteiger partial charge in [0, 0.05) is 0 Å². The Hall–Kier alpha value is -0.220. The van der Waals surface area contributed by atoms with E-state index in [0.717, 1.165) is 25.0 Å². The lowest BCUT2D eigenvalue weighted by molar-refractivity contribution is -0.147. The number of carboxylic acid groups (broad SMARTS) is 1. The van der Waals surface area contributed by atoms with E-state index in [4.69, 9.17) is 10.8 Å². The van der Waals surface area contributed by atoms with Crippen molar-refractivity contribution in [2.75, 3.05) is 12.0 Å². The normalized spacial score (nSPS) is 22.0. The molecular weight excluding hydrogens is 186 g/mol. The van der Waals surface area contributed by atoms with Crippen molar-refractivity contribution >= 4 is 17.7 Å². The topological polar surface area (TPSA) is 63.3 Å². The summed E-state index contributed by atoms with van der Waals surface area (Å²) in [6.07, 6.45) is 5.67. The van der Waals surface area contributed by atoms with E-state index in [1.807, 2.05) is 6.26 Å². The summed E-state index contributed by atoms with van der Waals surface area (Å²) in [5, 5.41) is 9.06. The minimum Gasteiger partial charge on any atom is -0.480 e. The molecule has 0 bridgehead atoms. The predicted molar refractivity (Wildman–Crippen MR) is 54.9 cm³/mol. The maximum atomic E-state index is 11.0. The predicted octanol–water partition coefficient (Wildman–Crippen LogP) is 1.32. The molecule has 0 aromatic rings. The molecule has 1 unspecified atom stereocenters. The lowest BCUT2D eigenvalue weighted by Gasteiger charge is -2.39. The summed E-state index contributed by atoms with van der Waals surface area (Å²) < 4.78 is 0. The minimum absolute atomic E-state index is 0.206. The summed E-state index contributed by atoms with van der Waals surface area (Å²) in [4.78, 5) is 11.0. The molecule has 0 amide bonds. The summed E-state index contributed by atoms with van der Waals surface area (Å²) in [6, 6.07) is 0. The Balaban J connectivity index is 2.56. The number of aliphatic carboxylic acids is 1. The maximum absolute atomic E-state index is 11.0. The molecule has 1 rings (SSSR count). The van der Waals surface area contributed by atoms with E-state index in [2.05, 4.69) is 0 Å². The Morgan fingerprint density at radius 2 is 2.31 bits per heavy atom. The molecule has 0 heterocycles. The smallest absolute Gasteiger partial charge is 0.323 e. The van der Waals surface area contributed by atoms with Crippen LogP contribution in [0.25, 0.3) is 0 Å². The van der Waals surface area contributed by atoms with Gasteiger partial charge in [-0.1, -0.05) is 6.42 Å². The van der Waals surface area contributed by atoms with Gasteiger partial charge in [-0.05, 0) is 37.2 Å². The fraction of sp³-hybridized carbons (Fsp3) is 0.889. The van der Waals surface area contributed by atoms with Crippen molar-refractivity contribution in [2.45, 2.75) is 31.2 Å². The van der Waals surface area contributed by atoms with Crippen molar-refractivity contribution in [1.82, 2.24) is 0 Å². The van der Waals surface area contributed by atoms with Crippen molar-refractivity contribution in [3.05, 3.63) is 0 Å². The second-order valence-electron chi connectivity index (χ2n) is 3.72. The summed E-state index contributed by atoms with van der Waals surface area (Å²) in [5.41, 5.74) is 4.96. The van der Waals surface area contributed by atoms with Crippen LogP contribution in [-0.2, 0) is 4.79 Å². The van der Waals surface area contributed by atoms with Crippen LogP contribution in [0, 0.1) is 5.92 Å². The SMILES string of the molecule is CSCCC(N)(C(=O)O)C1CCC1. The van der Waals surface area contributed by atoms with Gasteiger partial charge in [0.2, 0.25) is 0 Å². The number of carbonyl (C=O) groups is 1. The third-order valence-corrected chi connectivity index (χ3v) is 3.56. The van der Waals surface area contributed by atoms with Crippen LogP contribution in [0.1, 0.15) is 25.7 Å². The molecule has 76 valence electrons. The van der Waals surface area contributed by atoms with Gasteiger partial charge < -0.3 is 10.8 Å². The molecule has 3 nitrogen and oxygen atoms in total. The van der Waals surface area contributed by atoms with E-state index in [0.29, 0.717) is 6.42 Å². The van der Waals surface area contributed by atoms with Gasteiger partial charge in [0.25, 0.3) is 0 Å². The van der Waals surface area contributed by atoms with Gasteiger partial charge in [-0.3, -0.25) is 4.79 Å². The molecule has 1 fully saturated rings.